The second-order valence-electron chi connectivity index (χ2n) is 9.93. The first-order valence-corrected chi connectivity index (χ1v) is 12.8. The Morgan fingerprint density at radius 2 is 1.80 bits per heavy atom. The number of benzene rings is 2. The molecule has 2 aromatic rings. The predicted octanol–water partition coefficient (Wildman–Crippen LogP) is 4.94. The van der Waals surface area contributed by atoms with Crippen molar-refractivity contribution < 1.29 is 9.59 Å². The standard InChI is InChI=1S/C30H35N3O2/c1-22(34)29-5-3-2-4-26(29)10-13-30(35)32-28-11-7-23(8-12-28)14-17-33-18-15-25-9-6-24(21-31)20-27(25)16-19-33/h2-6,9-10,13,20,23,28H,7-8,11-12,14-19H2,1H3,(H,32,35)/b13-10+. The number of carbonyl (C=O) groups is 2. The van der Waals surface area contributed by atoms with Crippen LogP contribution in [-0.2, 0) is 17.6 Å². The van der Waals surface area contributed by atoms with E-state index < -0.39 is 0 Å². The largest absolute Gasteiger partial charge is 0.350 e. The summed E-state index contributed by atoms with van der Waals surface area (Å²) in [5.41, 5.74) is 4.90. The quantitative estimate of drug-likeness (QED) is 0.460. The first-order valence-electron chi connectivity index (χ1n) is 12.8. The van der Waals surface area contributed by atoms with Gasteiger partial charge in [-0.25, -0.2) is 0 Å². The van der Waals surface area contributed by atoms with Crippen LogP contribution in [0.2, 0.25) is 0 Å². The van der Waals surface area contributed by atoms with Gasteiger partial charge >= 0.3 is 0 Å². The van der Waals surface area contributed by atoms with Gasteiger partial charge in [-0.15, -0.1) is 0 Å². The Bertz CT molecular complexity index is 1120. The molecule has 5 nitrogen and oxygen atoms in total. The summed E-state index contributed by atoms with van der Waals surface area (Å²) in [7, 11) is 0. The van der Waals surface area contributed by atoms with Crippen molar-refractivity contribution in [2.45, 2.75) is 57.9 Å². The van der Waals surface area contributed by atoms with Crippen molar-refractivity contribution in [1.29, 1.82) is 5.26 Å². The number of rotatable bonds is 7. The summed E-state index contributed by atoms with van der Waals surface area (Å²) in [6.45, 7) is 4.82. The molecule has 2 aromatic carbocycles. The molecule has 0 radical (unpaired) electrons. The average molecular weight is 470 g/mol. The summed E-state index contributed by atoms with van der Waals surface area (Å²) in [5, 5.41) is 12.3. The highest BCUT2D eigenvalue weighted by molar-refractivity contribution is 5.99. The highest BCUT2D eigenvalue weighted by atomic mass is 16.1. The first-order chi connectivity index (χ1) is 17.0. The Morgan fingerprint density at radius 1 is 1.06 bits per heavy atom. The van der Waals surface area contributed by atoms with Gasteiger partial charge in [-0.1, -0.05) is 30.3 Å². The minimum absolute atomic E-state index is 0.00169. The first kappa shape index (κ1) is 24.9. The highest BCUT2D eigenvalue weighted by Gasteiger charge is 2.23. The van der Waals surface area contributed by atoms with Crippen LogP contribution in [0.1, 0.15) is 71.6 Å². The number of nitrogens with one attached hydrogen (secondary N) is 1. The number of nitriles is 1. The van der Waals surface area contributed by atoms with Crippen molar-refractivity contribution >= 4 is 17.8 Å². The Hall–Kier alpha value is -3.23. The van der Waals surface area contributed by atoms with E-state index in [0.29, 0.717) is 5.56 Å². The van der Waals surface area contributed by atoms with E-state index in [4.69, 9.17) is 5.26 Å². The van der Waals surface area contributed by atoms with Crippen LogP contribution in [-0.4, -0.2) is 42.3 Å². The molecule has 0 saturated heterocycles. The number of ketones is 1. The van der Waals surface area contributed by atoms with Gasteiger partial charge in [-0.05, 0) is 99.2 Å². The third-order valence-corrected chi connectivity index (χ3v) is 7.53. The lowest BCUT2D eigenvalue weighted by Crippen LogP contribution is -2.37. The van der Waals surface area contributed by atoms with Crippen molar-refractivity contribution in [1.82, 2.24) is 10.2 Å². The zero-order valence-electron chi connectivity index (χ0n) is 20.6. The Balaban J connectivity index is 1.18. The maximum absolute atomic E-state index is 12.4. The molecule has 1 N–H and O–H groups in total. The smallest absolute Gasteiger partial charge is 0.244 e. The maximum Gasteiger partial charge on any atom is 0.244 e. The minimum atomic E-state index is -0.0875. The Labute approximate surface area is 208 Å². The Kier molecular flexibility index (Phi) is 8.50. The minimum Gasteiger partial charge on any atom is -0.350 e. The van der Waals surface area contributed by atoms with E-state index in [9.17, 15) is 9.59 Å². The molecule has 1 amide bonds. The molecule has 0 bridgehead atoms. The predicted molar refractivity (Wildman–Crippen MR) is 139 cm³/mol. The van der Waals surface area contributed by atoms with Gasteiger partial charge in [0.25, 0.3) is 0 Å². The Morgan fingerprint density at radius 3 is 2.54 bits per heavy atom. The number of Topliss-reactive ketones (excluding diaryl/α,β-unsaturated/α-hetero) is 1. The van der Waals surface area contributed by atoms with Crippen LogP contribution >= 0.6 is 0 Å². The van der Waals surface area contributed by atoms with E-state index in [1.165, 1.54) is 17.5 Å². The van der Waals surface area contributed by atoms with Crippen molar-refractivity contribution in [3.8, 4) is 6.07 Å². The van der Waals surface area contributed by atoms with Crippen LogP contribution < -0.4 is 5.32 Å². The normalized spacial score (nSPS) is 20.6. The van der Waals surface area contributed by atoms with Crippen molar-refractivity contribution in [3.63, 3.8) is 0 Å². The van der Waals surface area contributed by atoms with E-state index in [-0.39, 0.29) is 17.7 Å². The van der Waals surface area contributed by atoms with E-state index in [1.54, 1.807) is 25.1 Å². The summed E-state index contributed by atoms with van der Waals surface area (Å²) >= 11 is 0. The number of hydrogen-bond acceptors (Lipinski definition) is 4. The number of amides is 1. The van der Waals surface area contributed by atoms with Gasteiger partial charge in [0.15, 0.2) is 5.78 Å². The fourth-order valence-electron chi connectivity index (χ4n) is 5.40. The lowest BCUT2D eigenvalue weighted by molar-refractivity contribution is -0.117. The molecule has 0 atom stereocenters. The fourth-order valence-corrected chi connectivity index (χ4v) is 5.40. The van der Waals surface area contributed by atoms with E-state index in [2.05, 4.69) is 28.4 Å². The van der Waals surface area contributed by atoms with Crippen LogP contribution in [0, 0.1) is 17.2 Å². The molecular formula is C30H35N3O2. The SMILES string of the molecule is CC(=O)c1ccccc1/C=C/C(=O)NC1CCC(CCN2CCc3ccc(C#N)cc3CC2)CC1. The molecule has 4 rings (SSSR count). The maximum atomic E-state index is 12.4. The van der Waals surface area contributed by atoms with Gasteiger partial charge < -0.3 is 10.2 Å². The number of fused-ring (bicyclic) bond motifs is 1. The summed E-state index contributed by atoms with van der Waals surface area (Å²) in [6.07, 6.45) is 10.9. The third-order valence-electron chi connectivity index (χ3n) is 7.53. The number of carbonyl (C=O) groups excluding carboxylic acids is 2. The number of nitrogens with zero attached hydrogens (tertiary/aromatic N) is 2. The second kappa shape index (κ2) is 12.0. The molecule has 35 heavy (non-hydrogen) atoms. The van der Waals surface area contributed by atoms with E-state index in [0.717, 1.165) is 75.2 Å². The van der Waals surface area contributed by atoms with Crippen LogP contribution in [0.15, 0.2) is 48.5 Å². The van der Waals surface area contributed by atoms with Gasteiger partial charge in [0, 0.05) is 30.8 Å². The van der Waals surface area contributed by atoms with Gasteiger partial charge in [-0.3, -0.25) is 9.59 Å². The molecule has 182 valence electrons. The average Bonchev–Trinajstić information content (AvgIpc) is 3.09. The lowest BCUT2D eigenvalue weighted by atomic mass is 9.84. The molecule has 1 heterocycles. The van der Waals surface area contributed by atoms with E-state index >= 15 is 0 Å². The fraction of sp³-hybridized carbons (Fsp3) is 0.433. The molecular weight excluding hydrogens is 434 g/mol. The van der Waals surface area contributed by atoms with Crippen molar-refractivity contribution in [3.05, 3.63) is 76.4 Å². The molecule has 1 aliphatic carbocycles. The van der Waals surface area contributed by atoms with Gasteiger partial charge in [0.05, 0.1) is 11.6 Å². The van der Waals surface area contributed by atoms with Crippen molar-refractivity contribution in [2.75, 3.05) is 19.6 Å². The highest BCUT2D eigenvalue weighted by Crippen LogP contribution is 2.28. The topological polar surface area (TPSA) is 73.2 Å². The van der Waals surface area contributed by atoms with Gasteiger partial charge in [0.2, 0.25) is 5.91 Å². The molecule has 1 fully saturated rings. The zero-order valence-corrected chi connectivity index (χ0v) is 20.6. The molecule has 5 heteroatoms. The zero-order chi connectivity index (χ0) is 24.6. The second-order valence-corrected chi connectivity index (χ2v) is 9.93. The molecule has 0 spiro atoms. The summed E-state index contributed by atoms with van der Waals surface area (Å²) in [6, 6.07) is 16.0. The molecule has 2 aliphatic rings. The summed E-state index contributed by atoms with van der Waals surface area (Å²) < 4.78 is 0. The number of hydrogen-bond donors (Lipinski definition) is 1. The van der Waals surface area contributed by atoms with Gasteiger partial charge in [-0.2, -0.15) is 5.26 Å². The van der Waals surface area contributed by atoms with Crippen molar-refractivity contribution in [2.24, 2.45) is 5.92 Å². The molecule has 0 unspecified atom stereocenters. The monoisotopic (exact) mass is 469 g/mol. The molecule has 1 aliphatic heterocycles. The van der Waals surface area contributed by atoms with E-state index in [1.807, 2.05) is 24.3 Å². The lowest BCUT2D eigenvalue weighted by Gasteiger charge is -2.30. The summed E-state index contributed by atoms with van der Waals surface area (Å²) in [4.78, 5) is 26.8. The van der Waals surface area contributed by atoms with Crippen LogP contribution in [0.3, 0.4) is 0 Å². The van der Waals surface area contributed by atoms with Crippen LogP contribution in [0.5, 0.6) is 0 Å². The third kappa shape index (κ3) is 6.90. The van der Waals surface area contributed by atoms with Crippen LogP contribution in [0.25, 0.3) is 6.08 Å². The summed E-state index contributed by atoms with van der Waals surface area (Å²) in [5.74, 6) is 0.634. The van der Waals surface area contributed by atoms with Gasteiger partial charge in [0.1, 0.15) is 0 Å². The molecule has 1 saturated carbocycles. The van der Waals surface area contributed by atoms with Crippen LogP contribution in [0.4, 0.5) is 0 Å². The molecule has 0 aromatic heterocycles.